The lowest BCUT2D eigenvalue weighted by molar-refractivity contribution is -0.267. The van der Waals surface area contributed by atoms with Crippen molar-refractivity contribution in [2.45, 2.75) is 72.1 Å². The third-order valence-corrected chi connectivity index (χ3v) is 11.2. The molecule has 3 aliphatic rings. The molecule has 0 heterocycles. The first-order valence-electron chi connectivity index (χ1n) is 12.5. The Hall–Kier alpha value is -2.42. The molecule has 0 radical (unpaired) electrons. The Labute approximate surface area is 212 Å². The van der Waals surface area contributed by atoms with Crippen LogP contribution in [-0.2, 0) is 10.2 Å². The number of hydrogen-bond acceptors (Lipinski definition) is 7. The first-order chi connectivity index (χ1) is 16.4. The number of aryl methyl sites for hydroxylation is 1. The number of rotatable bonds is 2. The van der Waals surface area contributed by atoms with E-state index in [-0.39, 0.29) is 34.3 Å². The van der Waals surface area contributed by atoms with Gasteiger partial charge >= 0.3 is 0 Å². The molecule has 0 spiro atoms. The number of nitrogens with zero attached hydrogens (tertiary/aromatic N) is 1. The molecule has 1 fully saturated rings. The van der Waals surface area contributed by atoms with Crippen LogP contribution in [0.3, 0.4) is 0 Å². The van der Waals surface area contributed by atoms with Gasteiger partial charge in [0.05, 0.1) is 35.3 Å². The van der Waals surface area contributed by atoms with Crippen LogP contribution in [0.5, 0.6) is 5.75 Å². The van der Waals surface area contributed by atoms with Crippen molar-refractivity contribution in [1.82, 2.24) is 4.90 Å². The number of aliphatic hydroxyl groups is 3. The van der Waals surface area contributed by atoms with Gasteiger partial charge in [-0.05, 0) is 55.0 Å². The summed E-state index contributed by atoms with van der Waals surface area (Å²) in [7, 11) is 3.54. The molecule has 1 aromatic rings. The standard InChI is InChI=1S/C28H40N2O6/c1-12-10-11-14(31)15-17(12)25(3,4)26(5)13(2)27(6)21(30(8)9)20(33)16(24(29)36)22(34)28(27,7)23(35)18(26)19(15)32/h10-11,13,18,21-23,31,33-35H,1-9H3,(H2,29,36). The fraction of sp³-hybridized carbons (Fsp3) is 0.643. The predicted molar refractivity (Wildman–Crippen MR) is 136 cm³/mol. The Morgan fingerprint density at radius 2 is 1.56 bits per heavy atom. The SMILES string of the molecule is Cc1ccc(O)c2c1C(C)(C)C1(C)C(C2=O)C(O)C2(C)C(O)C(C(N)=O)=C(O)C(N(C)C)C2(C)C1C. The molecule has 8 nitrogen and oxygen atoms in total. The van der Waals surface area contributed by atoms with E-state index in [4.69, 9.17) is 5.73 Å². The van der Waals surface area contributed by atoms with Crippen molar-refractivity contribution >= 4 is 11.7 Å². The van der Waals surface area contributed by atoms with Gasteiger partial charge < -0.3 is 26.2 Å². The van der Waals surface area contributed by atoms with Crippen molar-refractivity contribution in [2.24, 2.45) is 33.8 Å². The number of aliphatic hydroxyl groups excluding tert-OH is 3. The van der Waals surface area contributed by atoms with E-state index in [0.29, 0.717) is 0 Å². The molecule has 8 heteroatoms. The number of benzene rings is 1. The van der Waals surface area contributed by atoms with Gasteiger partial charge in [-0.3, -0.25) is 14.5 Å². The maximum Gasteiger partial charge on any atom is 0.250 e. The van der Waals surface area contributed by atoms with Gasteiger partial charge in [0.25, 0.3) is 5.91 Å². The molecular weight excluding hydrogens is 460 g/mol. The summed E-state index contributed by atoms with van der Waals surface area (Å²) in [6, 6.07) is 2.52. The predicted octanol–water partition coefficient (Wildman–Crippen LogP) is 2.42. The quantitative estimate of drug-likeness (QED) is 0.419. The summed E-state index contributed by atoms with van der Waals surface area (Å²) in [5.74, 6) is -3.17. The molecule has 0 aliphatic heterocycles. The Balaban J connectivity index is 2.14. The van der Waals surface area contributed by atoms with Crippen LogP contribution in [0.2, 0.25) is 0 Å². The van der Waals surface area contributed by atoms with Crippen molar-refractivity contribution in [3.63, 3.8) is 0 Å². The van der Waals surface area contributed by atoms with E-state index < -0.39 is 51.7 Å². The molecule has 198 valence electrons. The van der Waals surface area contributed by atoms with Gasteiger partial charge in [-0.2, -0.15) is 0 Å². The number of hydrogen-bond donors (Lipinski definition) is 5. The Kier molecular flexibility index (Phi) is 5.59. The molecule has 3 aliphatic carbocycles. The number of primary amides is 1. The third-order valence-electron chi connectivity index (χ3n) is 11.2. The summed E-state index contributed by atoms with van der Waals surface area (Å²) >= 11 is 0. The monoisotopic (exact) mass is 500 g/mol. The van der Waals surface area contributed by atoms with Gasteiger partial charge in [0.2, 0.25) is 0 Å². The molecule has 1 saturated carbocycles. The number of phenols is 1. The van der Waals surface area contributed by atoms with Crippen LogP contribution in [0.25, 0.3) is 0 Å². The maximum atomic E-state index is 14.2. The van der Waals surface area contributed by atoms with Crippen LogP contribution >= 0.6 is 0 Å². The highest BCUT2D eigenvalue weighted by atomic mass is 16.3. The smallest absolute Gasteiger partial charge is 0.250 e. The minimum absolute atomic E-state index is 0.139. The van der Waals surface area contributed by atoms with E-state index in [1.165, 1.54) is 6.07 Å². The zero-order valence-electron chi connectivity index (χ0n) is 22.7. The molecule has 1 aromatic carbocycles. The molecule has 0 saturated heterocycles. The van der Waals surface area contributed by atoms with Crippen LogP contribution in [-0.4, -0.2) is 69.4 Å². The number of ketones is 1. The highest BCUT2D eigenvalue weighted by Crippen LogP contribution is 2.73. The Bertz CT molecular complexity index is 1200. The average molecular weight is 501 g/mol. The highest BCUT2D eigenvalue weighted by molar-refractivity contribution is 6.05. The van der Waals surface area contributed by atoms with Gasteiger partial charge in [0.1, 0.15) is 11.5 Å². The Morgan fingerprint density at radius 3 is 2.06 bits per heavy atom. The second-order valence-electron chi connectivity index (χ2n) is 12.6. The van der Waals surface area contributed by atoms with Crippen LogP contribution in [0.15, 0.2) is 23.5 Å². The third kappa shape index (κ3) is 2.60. The average Bonchev–Trinajstić information content (AvgIpc) is 2.75. The zero-order valence-corrected chi connectivity index (χ0v) is 22.7. The van der Waals surface area contributed by atoms with E-state index in [1.54, 1.807) is 32.0 Å². The molecule has 1 amide bonds. The van der Waals surface area contributed by atoms with Crippen molar-refractivity contribution in [1.29, 1.82) is 0 Å². The molecular formula is C28H40N2O6. The summed E-state index contributed by atoms with van der Waals surface area (Å²) in [6.45, 7) is 13.5. The lowest BCUT2D eigenvalue weighted by Gasteiger charge is -2.73. The normalized spacial score (nSPS) is 41.6. The minimum Gasteiger partial charge on any atom is -0.510 e. The summed E-state index contributed by atoms with van der Waals surface area (Å²) < 4.78 is 0. The van der Waals surface area contributed by atoms with Crippen LogP contribution in [0.4, 0.5) is 0 Å². The van der Waals surface area contributed by atoms with Crippen LogP contribution in [0, 0.1) is 35.0 Å². The lowest BCUT2D eigenvalue weighted by Crippen LogP contribution is -2.78. The Morgan fingerprint density at radius 1 is 1.00 bits per heavy atom. The molecule has 4 rings (SSSR count). The van der Waals surface area contributed by atoms with E-state index in [9.17, 15) is 30.0 Å². The molecule has 6 N–H and O–H groups in total. The maximum absolute atomic E-state index is 14.2. The fourth-order valence-electron chi connectivity index (χ4n) is 8.77. The van der Waals surface area contributed by atoms with E-state index in [1.807, 2.05) is 41.5 Å². The van der Waals surface area contributed by atoms with Gasteiger partial charge in [-0.15, -0.1) is 0 Å². The summed E-state index contributed by atoms with van der Waals surface area (Å²) in [5, 5.41) is 46.0. The summed E-state index contributed by atoms with van der Waals surface area (Å²) in [4.78, 5) is 28.5. The number of carbonyl (C=O) groups excluding carboxylic acids is 2. The van der Waals surface area contributed by atoms with E-state index in [2.05, 4.69) is 0 Å². The van der Waals surface area contributed by atoms with Crippen molar-refractivity contribution in [3.8, 4) is 5.75 Å². The number of fused-ring (bicyclic) bond motifs is 3. The second kappa shape index (κ2) is 7.55. The van der Waals surface area contributed by atoms with Crippen molar-refractivity contribution in [3.05, 3.63) is 40.2 Å². The molecule has 36 heavy (non-hydrogen) atoms. The van der Waals surface area contributed by atoms with Gasteiger partial charge in [0, 0.05) is 10.8 Å². The van der Waals surface area contributed by atoms with E-state index >= 15 is 0 Å². The number of likely N-dealkylation sites (N-methyl/N-ethyl adjacent to an activating group) is 1. The number of amides is 1. The zero-order chi connectivity index (χ0) is 27.5. The summed E-state index contributed by atoms with van der Waals surface area (Å²) in [5.41, 5.74) is 3.09. The lowest BCUT2D eigenvalue weighted by atomic mass is 9.31. The largest absolute Gasteiger partial charge is 0.510 e. The summed E-state index contributed by atoms with van der Waals surface area (Å²) in [6.07, 6.45) is -3.02. The van der Waals surface area contributed by atoms with Crippen molar-refractivity contribution < 1.29 is 30.0 Å². The number of carbonyl (C=O) groups is 2. The van der Waals surface area contributed by atoms with Crippen LogP contribution < -0.4 is 5.73 Å². The molecule has 8 unspecified atom stereocenters. The van der Waals surface area contributed by atoms with Gasteiger partial charge in [-0.25, -0.2) is 0 Å². The molecule has 0 bridgehead atoms. The minimum atomic E-state index is -1.61. The molecule has 0 aromatic heterocycles. The topological polar surface area (TPSA) is 144 Å². The van der Waals surface area contributed by atoms with Gasteiger partial charge in [-0.1, -0.05) is 47.6 Å². The number of phenolic OH excluding ortho intramolecular Hbond substituents is 1. The van der Waals surface area contributed by atoms with Crippen molar-refractivity contribution in [2.75, 3.05) is 14.1 Å². The second-order valence-corrected chi connectivity index (χ2v) is 12.6. The van der Waals surface area contributed by atoms with E-state index in [0.717, 1.165) is 11.1 Å². The fourth-order valence-corrected chi connectivity index (χ4v) is 8.77. The number of aromatic hydroxyl groups is 1. The van der Waals surface area contributed by atoms with Crippen LogP contribution in [0.1, 0.15) is 63.0 Å². The first kappa shape index (κ1) is 26.6. The number of nitrogens with two attached hydrogens (primary N) is 1. The molecule has 8 atom stereocenters. The highest BCUT2D eigenvalue weighted by Gasteiger charge is 2.77. The number of Topliss-reactive ketones (excluding diaryl/α,β-unsaturated/α-hetero) is 1. The first-order valence-corrected chi connectivity index (χ1v) is 12.5. The van der Waals surface area contributed by atoms with Gasteiger partial charge in [0.15, 0.2) is 5.78 Å².